The molecular formula is C14H21F3N2O. The van der Waals surface area contributed by atoms with Gasteiger partial charge in [0.1, 0.15) is 0 Å². The Balaban J connectivity index is 1.53. The van der Waals surface area contributed by atoms with Crippen LogP contribution in [-0.2, 0) is 4.74 Å². The van der Waals surface area contributed by atoms with E-state index in [2.05, 4.69) is 5.32 Å². The van der Waals surface area contributed by atoms with Crippen molar-refractivity contribution in [3.63, 3.8) is 0 Å². The molecule has 4 rings (SSSR count). The molecule has 1 N–H and O–H groups in total. The van der Waals surface area contributed by atoms with E-state index in [1.165, 1.54) is 0 Å². The molecule has 0 aromatic carbocycles. The van der Waals surface area contributed by atoms with Gasteiger partial charge in [0.2, 0.25) is 0 Å². The van der Waals surface area contributed by atoms with E-state index in [0.29, 0.717) is 25.2 Å². The van der Waals surface area contributed by atoms with E-state index in [1.54, 1.807) is 4.90 Å². The number of hydrogen-bond donors (Lipinski definition) is 1. The van der Waals surface area contributed by atoms with Crippen LogP contribution in [0.25, 0.3) is 0 Å². The van der Waals surface area contributed by atoms with Gasteiger partial charge in [-0.25, -0.2) is 0 Å². The van der Waals surface area contributed by atoms with Crippen molar-refractivity contribution in [1.82, 2.24) is 10.2 Å². The molecule has 3 aliphatic heterocycles. The third-order valence-electron chi connectivity index (χ3n) is 5.57. The summed E-state index contributed by atoms with van der Waals surface area (Å²) in [5, 5.41) is 3.54. The summed E-state index contributed by atoms with van der Waals surface area (Å²) < 4.78 is 44.7. The van der Waals surface area contributed by atoms with Gasteiger partial charge >= 0.3 is 6.18 Å². The van der Waals surface area contributed by atoms with Crippen LogP contribution >= 0.6 is 0 Å². The van der Waals surface area contributed by atoms with Crippen LogP contribution in [0.15, 0.2) is 0 Å². The van der Waals surface area contributed by atoms with E-state index < -0.39 is 12.7 Å². The van der Waals surface area contributed by atoms with Crippen LogP contribution in [0.3, 0.4) is 0 Å². The van der Waals surface area contributed by atoms with Gasteiger partial charge in [-0.1, -0.05) is 0 Å². The van der Waals surface area contributed by atoms with E-state index in [1.807, 2.05) is 0 Å². The molecule has 4 aliphatic rings. The summed E-state index contributed by atoms with van der Waals surface area (Å²) >= 11 is 0. The lowest BCUT2D eigenvalue weighted by atomic mass is 9.84. The van der Waals surface area contributed by atoms with Crippen molar-refractivity contribution in [2.75, 3.05) is 19.7 Å². The minimum absolute atomic E-state index is 0.301. The first-order chi connectivity index (χ1) is 9.38. The molecule has 3 saturated heterocycles. The number of halogens is 3. The van der Waals surface area contributed by atoms with Crippen molar-refractivity contribution in [3.8, 4) is 0 Å². The van der Waals surface area contributed by atoms with Gasteiger partial charge in [0.25, 0.3) is 0 Å². The molecule has 3 heterocycles. The molecule has 114 valence electrons. The minimum Gasteiger partial charge on any atom is -0.372 e. The van der Waals surface area contributed by atoms with E-state index in [4.69, 9.17) is 4.74 Å². The Labute approximate surface area is 116 Å². The van der Waals surface area contributed by atoms with E-state index in [0.717, 1.165) is 38.5 Å². The smallest absolute Gasteiger partial charge is 0.372 e. The summed E-state index contributed by atoms with van der Waals surface area (Å²) in [5.41, 5.74) is -0.638. The van der Waals surface area contributed by atoms with Crippen molar-refractivity contribution in [1.29, 1.82) is 0 Å². The molecule has 6 heteroatoms. The Hall–Kier alpha value is -0.330. The zero-order chi connectivity index (χ0) is 14.0. The first-order valence-electron chi connectivity index (χ1n) is 7.60. The molecule has 2 spiro atoms. The second kappa shape index (κ2) is 4.11. The van der Waals surface area contributed by atoms with Crippen molar-refractivity contribution in [2.24, 2.45) is 0 Å². The van der Waals surface area contributed by atoms with Gasteiger partial charge in [0, 0.05) is 24.2 Å². The second-order valence-corrected chi connectivity index (χ2v) is 7.21. The maximum absolute atomic E-state index is 12.8. The standard InChI is InChI=1S/C14H21F3N2O/c15-14(16,17)8-19-7-13(20-9-12(19)3-4-12)5-10-1-2-11(6-13)18-10/h10-11,18H,1-9H2/t10-,11+,13?. The molecule has 3 nitrogen and oxygen atoms in total. The molecule has 1 unspecified atom stereocenters. The molecule has 2 bridgehead atoms. The Bertz CT molecular complexity index is 396. The third-order valence-corrected chi connectivity index (χ3v) is 5.57. The van der Waals surface area contributed by atoms with Gasteiger partial charge in [-0.05, 0) is 38.5 Å². The number of nitrogens with one attached hydrogen (secondary N) is 1. The van der Waals surface area contributed by atoms with Gasteiger partial charge in [0.05, 0.1) is 18.8 Å². The summed E-state index contributed by atoms with van der Waals surface area (Å²) in [7, 11) is 0. The quantitative estimate of drug-likeness (QED) is 0.800. The molecule has 1 saturated carbocycles. The molecule has 20 heavy (non-hydrogen) atoms. The number of piperidine rings is 1. The molecule has 0 radical (unpaired) electrons. The van der Waals surface area contributed by atoms with Gasteiger partial charge in [-0.15, -0.1) is 0 Å². The first kappa shape index (κ1) is 13.3. The van der Waals surface area contributed by atoms with E-state index >= 15 is 0 Å². The van der Waals surface area contributed by atoms with Crippen LogP contribution in [0.4, 0.5) is 13.2 Å². The highest BCUT2D eigenvalue weighted by molar-refractivity contribution is 5.12. The fraction of sp³-hybridized carbons (Fsp3) is 1.00. The minimum atomic E-state index is -4.11. The number of alkyl halides is 3. The molecule has 0 aromatic heterocycles. The summed E-state index contributed by atoms with van der Waals surface area (Å²) in [5.74, 6) is 0. The molecule has 0 aromatic rings. The lowest BCUT2D eigenvalue weighted by Gasteiger charge is -2.51. The normalized spacial score (nSPS) is 43.4. The lowest BCUT2D eigenvalue weighted by molar-refractivity contribution is -0.203. The second-order valence-electron chi connectivity index (χ2n) is 7.21. The number of nitrogens with zero attached hydrogens (tertiary/aromatic N) is 1. The molecule has 0 amide bonds. The van der Waals surface area contributed by atoms with Crippen LogP contribution in [0.1, 0.15) is 38.5 Å². The number of fused-ring (bicyclic) bond motifs is 2. The summed E-state index contributed by atoms with van der Waals surface area (Å²) in [6.07, 6.45) is 1.61. The highest BCUT2D eigenvalue weighted by Gasteiger charge is 2.59. The fourth-order valence-corrected chi connectivity index (χ4v) is 4.44. The number of rotatable bonds is 1. The lowest BCUT2D eigenvalue weighted by Crippen LogP contribution is -2.64. The van der Waals surface area contributed by atoms with Crippen LogP contribution in [0, 0.1) is 0 Å². The van der Waals surface area contributed by atoms with Crippen molar-refractivity contribution < 1.29 is 17.9 Å². The Morgan fingerprint density at radius 3 is 2.35 bits per heavy atom. The number of ether oxygens (including phenoxy) is 1. The Kier molecular flexibility index (Phi) is 2.74. The van der Waals surface area contributed by atoms with Crippen molar-refractivity contribution >= 4 is 0 Å². The van der Waals surface area contributed by atoms with Crippen molar-refractivity contribution in [2.45, 2.75) is 67.9 Å². The van der Waals surface area contributed by atoms with Crippen LogP contribution in [0.5, 0.6) is 0 Å². The van der Waals surface area contributed by atoms with Gasteiger partial charge in [0.15, 0.2) is 0 Å². The molecule has 1 aliphatic carbocycles. The highest BCUT2D eigenvalue weighted by Crippen LogP contribution is 2.50. The largest absolute Gasteiger partial charge is 0.401 e. The predicted molar refractivity (Wildman–Crippen MR) is 67.5 cm³/mol. The van der Waals surface area contributed by atoms with E-state index in [-0.39, 0.29) is 11.1 Å². The highest BCUT2D eigenvalue weighted by atomic mass is 19.4. The number of hydrogen-bond acceptors (Lipinski definition) is 3. The molecule has 4 fully saturated rings. The maximum atomic E-state index is 12.8. The first-order valence-corrected chi connectivity index (χ1v) is 7.60. The van der Waals surface area contributed by atoms with Gasteiger partial charge < -0.3 is 10.1 Å². The van der Waals surface area contributed by atoms with Gasteiger partial charge in [-0.2, -0.15) is 13.2 Å². The SMILES string of the molecule is FC(F)(F)CN1CC2(C[C@H]3CC[C@@H](C2)N3)OCC12CC2. The third kappa shape index (κ3) is 2.25. The average molecular weight is 290 g/mol. The summed E-state index contributed by atoms with van der Waals surface area (Å²) in [6, 6.07) is 0.879. The predicted octanol–water partition coefficient (Wildman–Crippen LogP) is 2.07. The number of morpholine rings is 1. The summed E-state index contributed by atoms with van der Waals surface area (Å²) in [4.78, 5) is 1.68. The monoisotopic (exact) mass is 290 g/mol. The molecule has 3 atom stereocenters. The Morgan fingerprint density at radius 1 is 1.15 bits per heavy atom. The van der Waals surface area contributed by atoms with Crippen LogP contribution in [0.2, 0.25) is 0 Å². The zero-order valence-corrected chi connectivity index (χ0v) is 11.5. The van der Waals surface area contributed by atoms with Gasteiger partial charge in [-0.3, -0.25) is 4.90 Å². The fourth-order valence-electron chi connectivity index (χ4n) is 4.44. The molecular weight excluding hydrogens is 269 g/mol. The average Bonchev–Trinajstić information content (AvgIpc) is 3.04. The van der Waals surface area contributed by atoms with Crippen LogP contribution < -0.4 is 5.32 Å². The van der Waals surface area contributed by atoms with Crippen molar-refractivity contribution in [3.05, 3.63) is 0 Å². The maximum Gasteiger partial charge on any atom is 0.401 e. The zero-order valence-electron chi connectivity index (χ0n) is 11.5. The van der Waals surface area contributed by atoms with Crippen LogP contribution in [-0.4, -0.2) is 54.0 Å². The Morgan fingerprint density at radius 2 is 1.80 bits per heavy atom. The topological polar surface area (TPSA) is 24.5 Å². The summed E-state index contributed by atoms with van der Waals surface area (Å²) in [6.45, 7) is 0.171. The van der Waals surface area contributed by atoms with E-state index in [9.17, 15) is 13.2 Å².